The number of carboxylic acids is 1. The number of carboxylic acid groups (broad SMARTS) is 1. The molecule has 25 heavy (non-hydrogen) atoms. The molecule has 0 saturated heterocycles. The first kappa shape index (κ1) is 17.6. The molecule has 0 aliphatic rings. The molecule has 1 aromatic carbocycles. The SMILES string of the molecule is O=C(O)CSc1cc(-n2ccc3ccc(C(F)(F)F)cc32)c(Cl)nn1. The van der Waals surface area contributed by atoms with Crippen molar-refractivity contribution in [3.8, 4) is 5.69 Å². The molecule has 0 bridgehead atoms. The Morgan fingerprint density at radius 1 is 1.24 bits per heavy atom. The predicted molar refractivity (Wildman–Crippen MR) is 87.2 cm³/mol. The number of nitrogens with zero attached hydrogens (tertiary/aromatic N) is 3. The molecule has 0 fully saturated rings. The maximum Gasteiger partial charge on any atom is 0.416 e. The number of aliphatic carboxylic acids is 1. The number of hydrogen-bond donors (Lipinski definition) is 1. The van der Waals surface area contributed by atoms with E-state index in [9.17, 15) is 18.0 Å². The third-order valence-electron chi connectivity index (χ3n) is 3.33. The first-order valence-electron chi connectivity index (χ1n) is 6.82. The quantitative estimate of drug-likeness (QED) is 0.677. The number of hydrogen-bond acceptors (Lipinski definition) is 4. The highest BCUT2D eigenvalue weighted by atomic mass is 35.5. The largest absolute Gasteiger partial charge is 0.481 e. The second-order valence-electron chi connectivity index (χ2n) is 5.00. The summed E-state index contributed by atoms with van der Waals surface area (Å²) in [7, 11) is 0. The van der Waals surface area contributed by atoms with Gasteiger partial charge in [0.25, 0.3) is 0 Å². The molecule has 0 aliphatic carbocycles. The van der Waals surface area contributed by atoms with Gasteiger partial charge >= 0.3 is 12.1 Å². The lowest BCUT2D eigenvalue weighted by Crippen LogP contribution is -2.05. The van der Waals surface area contributed by atoms with Gasteiger partial charge in [-0.15, -0.1) is 10.2 Å². The molecule has 0 spiro atoms. The van der Waals surface area contributed by atoms with Crippen LogP contribution in [0.1, 0.15) is 5.56 Å². The van der Waals surface area contributed by atoms with Gasteiger partial charge in [0.15, 0.2) is 5.15 Å². The van der Waals surface area contributed by atoms with Crippen molar-refractivity contribution < 1.29 is 23.1 Å². The normalized spacial score (nSPS) is 11.8. The van der Waals surface area contributed by atoms with Gasteiger partial charge in [-0.2, -0.15) is 13.2 Å². The van der Waals surface area contributed by atoms with Crippen molar-refractivity contribution in [3.05, 3.63) is 47.2 Å². The van der Waals surface area contributed by atoms with Crippen molar-refractivity contribution in [1.82, 2.24) is 14.8 Å². The summed E-state index contributed by atoms with van der Waals surface area (Å²) in [6.45, 7) is 0. The van der Waals surface area contributed by atoms with Crippen LogP contribution < -0.4 is 0 Å². The summed E-state index contributed by atoms with van der Waals surface area (Å²) >= 11 is 6.97. The monoisotopic (exact) mass is 387 g/mol. The summed E-state index contributed by atoms with van der Waals surface area (Å²) in [5.41, 5.74) is -0.156. The minimum absolute atomic E-state index is 0.00501. The molecule has 1 N–H and O–H groups in total. The van der Waals surface area contributed by atoms with E-state index >= 15 is 0 Å². The smallest absolute Gasteiger partial charge is 0.416 e. The van der Waals surface area contributed by atoms with Gasteiger partial charge in [-0.3, -0.25) is 4.79 Å². The number of thioether (sulfide) groups is 1. The zero-order valence-electron chi connectivity index (χ0n) is 12.3. The average molecular weight is 388 g/mol. The molecule has 5 nitrogen and oxygen atoms in total. The van der Waals surface area contributed by atoms with Crippen LogP contribution in [0.2, 0.25) is 5.15 Å². The van der Waals surface area contributed by atoms with E-state index in [1.807, 2.05) is 0 Å². The predicted octanol–water partition coefficient (Wildman–Crippen LogP) is 4.27. The van der Waals surface area contributed by atoms with Crippen molar-refractivity contribution >= 4 is 40.2 Å². The number of alkyl halides is 3. The van der Waals surface area contributed by atoms with E-state index in [2.05, 4.69) is 10.2 Å². The van der Waals surface area contributed by atoms with E-state index in [0.717, 1.165) is 23.9 Å². The minimum atomic E-state index is -4.47. The number of halogens is 4. The van der Waals surface area contributed by atoms with Gasteiger partial charge in [0.1, 0.15) is 5.03 Å². The minimum Gasteiger partial charge on any atom is -0.481 e. The highest BCUT2D eigenvalue weighted by Crippen LogP contribution is 2.33. The Balaban J connectivity index is 2.09. The highest BCUT2D eigenvalue weighted by Gasteiger charge is 2.30. The van der Waals surface area contributed by atoms with Crippen molar-refractivity contribution in [2.24, 2.45) is 0 Å². The zero-order chi connectivity index (χ0) is 18.2. The van der Waals surface area contributed by atoms with Gasteiger partial charge < -0.3 is 9.67 Å². The fourth-order valence-electron chi connectivity index (χ4n) is 2.24. The Morgan fingerprint density at radius 2 is 2.00 bits per heavy atom. The molecular formula is C15H9ClF3N3O2S. The number of aromatic nitrogens is 3. The van der Waals surface area contributed by atoms with Crippen molar-refractivity contribution in [2.45, 2.75) is 11.2 Å². The van der Waals surface area contributed by atoms with Gasteiger partial charge in [-0.1, -0.05) is 29.4 Å². The summed E-state index contributed by atoms with van der Waals surface area (Å²) in [5.74, 6) is -1.25. The van der Waals surface area contributed by atoms with Crippen LogP contribution in [0.25, 0.3) is 16.6 Å². The lowest BCUT2D eigenvalue weighted by molar-refractivity contribution is -0.137. The molecule has 3 rings (SSSR count). The Labute approximate surface area is 148 Å². The number of carbonyl (C=O) groups is 1. The Kier molecular flexibility index (Phi) is 4.61. The van der Waals surface area contributed by atoms with Crippen LogP contribution in [-0.2, 0) is 11.0 Å². The molecule has 3 aromatic rings. The summed E-state index contributed by atoms with van der Waals surface area (Å²) in [6.07, 6.45) is -2.90. The highest BCUT2D eigenvalue weighted by molar-refractivity contribution is 7.99. The van der Waals surface area contributed by atoms with Crippen molar-refractivity contribution in [1.29, 1.82) is 0 Å². The molecule has 2 aromatic heterocycles. The van der Waals surface area contributed by atoms with Crippen LogP contribution in [0.3, 0.4) is 0 Å². The van der Waals surface area contributed by atoms with E-state index in [1.54, 1.807) is 12.3 Å². The topological polar surface area (TPSA) is 68.0 Å². The van der Waals surface area contributed by atoms with E-state index in [-0.39, 0.29) is 10.9 Å². The van der Waals surface area contributed by atoms with E-state index in [1.165, 1.54) is 16.7 Å². The van der Waals surface area contributed by atoms with Gasteiger partial charge in [-0.05, 0) is 29.7 Å². The molecule has 0 radical (unpaired) electrons. The van der Waals surface area contributed by atoms with Crippen LogP contribution in [0.5, 0.6) is 0 Å². The summed E-state index contributed by atoms with van der Waals surface area (Å²) in [6, 6.07) is 6.54. The maximum atomic E-state index is 13.0. The molecule has 0 saturated carbocycles. The average Bonchev–Trinajstić information content (AvgIpc) is 2.96. The second kappa shape index (κ2) is 6.57. The summed E-state index contributed by atoms with van der Waals surface area (Å²) in [4.78, 5) is 10.7. The summed E-state index contributed by atoms with van der Waals surface area (Å²) < 4.78 is 40.3. The molecule has 0 aliphatic heterocycles. The van der Waals surface area contributed by atoms with Gasteiger partial charge in [0.2, 0.25) is 0 Å². The van der Waals surface area contributed by atoms with Crippen LogP contribution in [0, 0.1) is 0 Å². The Hall–Kier alpha value is -2.26. The fourth-order valence-corrected chi connectivity index (χ4v) is 2.99. The van der Waals surface area contributed by atoms with Gasteiger partial charge in [0.05, 0.1) is 22.5 Å². The van der Waals surface area contributed by atoms with E-state index in [0.29, 0.717) is 21.6 Å². The lowest BCUT2D eigenvalue weighted by Gasteiger charge is -2.10. The van der Waals surface area contributed by atoms with Crippen LogP contribution in [0.15, 0.2) is 41.6 Å². The van der Waals surface area contributed by atoms with Crippen molar-refractivity contribution in [2.75, 3.05) is 5.75 Å². The maximum absolute atomic E-state index is 13.0. The molecule has 2 heterocycles. The Bertz CT molecular complexity index is 959. The third-order valence-corrected chi connectivity index (χ3v) is 4.49. The molecular weight excluding hydrogens is 379 g/mol. The number of fused-ring (bicyclic) bond motifs is 1. The number of benzene rings is 1. The zero-order valence-corrected chi connectivity index (χ0v) is 13.9. The summed E-state index contributed by atoms with van der Waals surface area (Å²) in [5, 5.41) is 17.1. The molecule has 130 valence electrons. The van der Waals surface area contributed by atoms with Crippen LogP contribution in [0.4, 0.5) is 13.2 Å². The first-order chi connectivity index (χ1) is 11.8. The lowest BCUT2D eigenvalue weighted by atomic mass is 10.1. The van der Waals surface area contributed by atoms with E-state index in [4.69, 9.17) is 16.7 Å². The second-order valence-corrected chi connectivity index (χ2v) is 6.35. The van der Waals surface area contributed by atoms with E-state index < -0.39 is 17.7 Å². The molecule has 10 heteroatoms. The van der Waals surface area contributed by atoms with Crippen molar-refractivity contribution in [3.63, 3.8) is 0 Å². The molecule has 0 unspecified atom stereocenters. The van der Waals surface area contributed by atoms with Gasteiger partial charge in [-0.25, -0.2) is 0 Å². The molecule has 0 amide bonds. The third kappa shape index (κ3) is 3.72. The first-order valence-corrected chi connectivity index (χ1v) is 8.18. The Morgan fingerprint density at radius 3 is 2.68 bits per heavy atom. The number of rotatable bonds is 4. The van der Waals surface area contributed by atoms with Crippen LogP contribution in [-0.4, -0.2) is 31.6 Å². The standard InChI is InChI=1S/C15H9ClF3N3O2S/c16-14-11(6-12(20-21-14)25-7-13(23)24)22-4-3-8-1-2-9(5-10(8)22)15(17,18)19/h1-6H,7H2,(H,23,24). The van der Waals surface area contributed by atoms with Crippen LogP contribution >= 0.6 is 23.4 Å². The fraction of sp³-hybridized carbons (Fsp3) is 0.133. The van der Waals surface area contributed by atoms with Gasteiger partial charge in [0, 0.05) is 6.20 Å². The molecule has 0 atom stereocenters.